The maximum atomic E-state index is 11.1. The number of nitrogen functional groups attached to an aromatic ring is 1. The highest BCUT2D eigenvalue weighted by molar-refractivity contribution is 5.94. The molecule has 0 bridgehead atoms. The lowest BCUT2D eigenvalue weighted by Crippen LogP contribution is -2.30. The maximum absolute atomic E-state index is 11.1. The molecule has 2 aromatic carbocycles. The Morgan fingerprint density at radius 1 is 1.29 bits per heavy atom. The molecule has 0 radical (unpaired) electrons. The van der Waals surface area contributed by atoms with E-state index in [-0.39, 0.29) is 5.56 Å². The summed E-state index contributed by atoms with van der Waals surface area (Å²) in [5.74, 6) is -0.452. The minimum Gasteiger partial charge on any atom is -0.478 e. The van der Waals surface area contributed by atoms with E-state index in [2.05, 4.69) is 30.0 Å². The smallest absolute Gasteiger partial charge is 0.337 e. The number of nitrogens with zero attached hydrogens (tertiary/aromatic N) is 1. The average Bonchev–Trinajstić information content (AvgIpc) is 2.45. The molecule has 0 spiro atoms. The third-order valence-electron chi connectivity index (χ3n) is 3.92. The Labute approximate surface area is 123 Å². The fourth-order valence-electron chi connectivity index (χ4n) is 2.95. The lowest BCUT2D eigenvalue weighted by Gasteiger charge is -2.35. The Kier molecular flexibility index (Phi) is 3.29. The van der Waals surface area contributed by atoms with Crippen LogP contribution in [0.1, 0.15) is 22.8 Å². The lowest BCUT2D eigenvalue weighted by atomic mass is 9.93. The number of rotatable bonds is 2. The molecule has 1 aliphatic rings. The third-order valence-corrected chi connectivity index (χ3v) is 3.92. The number of fused-ring (bicyclic) bond motifs is 1. The van der Waals surface area contributed by atoms with Crippen LogP contribution in [0.25, 0.3) is 0 Å². The minimum atomic E-state index is -0.994. The van der Waals surface area contributed by atoms with Crippen molar-refractivity contribution in [2.75, 3.05) is 17.2 Å². The number of carbonyl (C=O) groups is 1. The van der Waals surface area contributed by atoms with E-state index in [4.69, 9.17) is 10.8 Å². The number of nitrogens with two attached hydrogens (primary N) is 1. The van der Waals surface area contributed by atoms with Crippen LogP contribution in [0.4, 0.5) is 17.1 Å². The van der Waals surface area contributed by atoms with Crippen molar-refractivity contribution in [2.24, 2.45) is 5.92 Å². The van der Waals surface area contributed by atoms with Crippen molar-refractivity contribution in [3.63, 3.8) is 0 Å². The molecule has 0 amide bonds. The van der Waals surface area contributed by atoms with Crippen molar-refractivity contribution in [3.8, 4) is 0 Å². The number of hydrogen-bond donors (Lipinski definition) is 2. The minimum absolute atomic E-state index is 0.150. The molecule has 3 rings (SSSR count). The molecule has 1 unspecified atom stereocenters. The zero-order chi connectivity index (χ0) is 15.0. The summed E-state index contributed by atoms with van der Waals surface area (Å²) in [5, 5.41) is 9.07. The zero-order valence-corrected chi connectivity index (χ0v) is 11.9. The van der Waals surface area contributed by atoms with Crippen LogP contribution in [0, 0.1) is 5.92 Å². The largest absolute Gasteiger partial charge is 0.478 e. The van der Waals surface area contributed by atoms with Crippen molar-refractivity contribution < 1.29 is 9.90 Å². The Morgan fingerprint density at radius 2 is 2.05 bits per heavy atom. The second-order valence-electron chi connectivity index (χ2n) is 5.63. The van der Waals surface area contributed by atoms with E-state index in [9.17, 15) is 4.79 Å². The van der Waals surface area contributed by atoms with Gasteiger partial charge in [0.25, 0.3) is 0 Å². The number of carboxylic acids is 1. The van der Waals surface area contributed by atoms with Crippen molar-refractivity contribution in [3.05, 3.63) is 53.6 Å². The average molecular weight is 282 g/mol. The highest BCUT2D eigenvalue weighted by Crippen LogP contribution is 2.36. The van der Waals surface area contributed by atoms with E-state index in [1.807, 2.05) is 12.1 Å². The number of hydrogen-bond acceptors (Lipinski definition) is 3. The number of anilines is 3. The standard InChI is InChI=1S/C17H18N2O2/c1-11-8-12-4-2-3-5-16(12)19(10-11)13-6-7-14(17(20)21)15(18)9-13/h2-7,9,11H,8,10,18H2,1H3,(H,20,21). The second-order valence-corrected chi connectivity index (χ2v) is 5.63. The van der Waals surface area contributed by atoms with Crippen molar-refractivity contribution >= 4 is 23.0 Å². The summed E-state index contributed by atoms with van der Waals surface area (Å²) < 4.78 is 0. The quantitative estimate of drug-likeness (QED) is 0.829. The zero-order valence-electron chi connectivity index (χ0n) is 11.9. The molecule has 4 heteroatoms. The molecule has 0 aliphatic carbocycles. The summed E-state index contributed by atoms with van der Waals surface area (Å²) >= 11 is 0. The first-order valence-corrected chi connectivity index (χ1v) is 7.04. The monoisotopic (exact) mass is 282 g/mol. The molecule has 0 aromatic heterocycles. The van der Waals surface area contributed by atoms with Crippen molar-refractivity contribution in [2.45, 2.75) is 13.3 Å². The van der Waals surface area contributed by atoms with Gasteiger partial charge in [0.15, 0.2) is 0 Å². The third kappa shape index (κ3) is 2.44. The van der Waals surface area contributed by atoms with Crippen LogP contribution >= 0.6 is 0 Å². The first-order valence-electron chi connectivity index (χ1n) is 7.04. The van der Waals surface area contributed by atoms with E-state index < -0.39 is 5.97 Å². The summed E-state index contributed by atoms with van der Waals surface area (Å²) in [7, 11) is 0. The van der Waals surface area contributed by atoms with Gasteiger partial charge >= 0.3 is 5.97 Å². The Balaban J connectivity index is 2.05. The second kappa shape index (κ2) is 5.13. The number of carboxylic acid groups (broad SMARTS) is 1. The van der Waals surface area contributed by atoms with Crippen molar-refractivity contribution in [1.29, 1.82) is 0 Å². The summed E-state index contributed by atoms with van der Waals surface area (Å²) in [6.07, 6.45) is 1.06. The Bertz CT molecular complexity index is 697. The molecule has 2 aromatic rings. The summed E-state index contributed by atoms with van der Waals surface area (Å²) in [6.45, 7) is 3.13. The lowest BCUT2D eigenvalue weighted by molar-refractivity contribution is 0.0698. The summed E-state index contributed by atoms with van der Waals surface area (Å²) in [5.41, 5.74) is 9.76. The maximum Gasteiger partial charge on any atom is 0.337 e. The molecule has 1 heterocycles. The molecule has 3 N–H and O–H groups in total. The van der Waals surface area contributed by atoms with E-state index in [0.29, 0.717) is 11.6 Å². The first-order chi connectivity index (χ1) is 10.1. The van der Waals surface area contributed by atoms with Crippen LogP contribution in [0.2, 0.25) is 0 Å². The molecular weight excluding hydrogens is 264 g/mol. The van der Waals surface area contributed by atoms with Gasteiger partial charge in [-0.1, -0.05) is 25.1 Å². The molecule has 21 heavy (non-hydrogen) atoms. The SMILES string of the molecule is CC1Cc2ccccc2N(c2ccc(C(=O)O)c(N)c2)C1. The Morgan fingerprint density at radius 3 is 2.76 bits per heavy atom. The molecule has 0 saturated carbocycles. The predicted molar refractivity (Wildman–Crippen MR) is 84.1 cm³/mol. The highest BCUT2D eigenvalue weighted by atomic mass is 16.4. The van der Waals surface area contributed by atoms with Crippen LogP contribution < -0.4 is 10.6 Å². The fourth-order valence-corrected chi connectivity index (χ4v) is 2.95. The van der Waals surface area contributed by atoms with E-state index in [0.717, 1.165) is 18.7 Å². The first kappa shape index (κ1) is 13.5. The van der Waals surface area contributed by atoms with E-state index >= 15 is 0 Å². The molecule has 0 fully saturated rings. The normalized spacial score (nSPS) is 17.4. The number of para-hydroxylation sites is 1. The van der Waals surface area contributed by atoms with Gasteiger partial charge in [-0.25, -0.2) is 4.79 Å². The summed E-state index contributed by atoms with van der Waals surface area (Å²) in [4.78, 5) is 13.3. The van der Waals surface area contributed by atoms with Gasteiger partial charge in [0.2, 0.25) is 0 Å². The molecular formula is C17H18N2O2. The van der Waals surface area contributed by atoms with Gasteiger partial charge in [-0.3, -0.25) is 0 Å². The van der Waals surface area contributed by atoms with Gasteiger partial charge in [0.05, 0.1) is 5.56 Å². The molecule has 0 saturated heterocycles. The van der Waals surface area contributed by atoms with Gasteiger partial charge < -0.3 is 15.7 Å². The molecule has 1 aliphatic heterocycles. The molecule has 4 nitrogen and oxygen atoms in total. The highest BCUT2D eigenvalue weighted by Gasteiger charge is 2.23. The van der Waals surface area contributed by atoms with Gasteiger partial charge in [0, 0.05) is 23.6 Å². The predicted octanol–water partition coefficient (Wildman–Crippen LogP) is 3.30. The van der Waals surface area contributed by atoms with Crippen LogP contribution in [0.15, 0.2) is 42.5 Å². The van der Waals surface area contributed by atoms with Gasteiger partial charge in [0.1, 0.15) is 0 Å². The van der Waals surface area contributed by atoms with Crippen LogP contribution in [0.3, 0.4) is 0 Å². The van der Waals surface area contributed by atoms with Gasteiger partial charge in [-0.2, -0.15) is 0 Å². The topological polar surface area (TPSA) is 66.6 Å². The fraction of sp³-hybridized carbons (Fsp3) is 0.235. The summed E-state index contributed by atoms with van der Waals surface area (Å²) in [6, 6.07) is 13.5. The van der Waals surface area contributed by atoms with E-state index in [1.54, 1.807) is 12.1 Å². The number of aromatic carboxylic acids is 1. The van der Waals surface area contributed by atoms with Crippen LogP contribution in [-0.4, -0.2) is 17.6 Å². The van der Waals surface area contributed by atoms with Crippen LogP contribution in [0.5, 0.6) is 0 Å². The van der Waals surface area contributed by atoms with Gasteiger partial charge in [-0.15, -0.1) is 0 Å². The van der Waals surface area contributed by atoms with Gasteiger partial charge in [-0.05, 0) is 42.2 Å². The number of benzene rings is 2. The van der Waals surface area contributed by atoms with Crippen molar-refractivity contribution in [1.82, 2.24) is 0 Å². The van der Waals surface area contributed by atoms with Crippen LogP contribution in [-0.2, 0) is 6.42 Å². The van der Waals surface area contributed by atoms with E-state index in [1.165, 1.54) is 11.3 Å². The molecule has 108 valence electrons. The molecule has 1 atom stereocenters. The Hall–Kier alpha value is -2.49.